The van der Waals surface area contributed by atoms with Crippen LogP contribution in [0.3, 0.4) is 0 Å². The summed E-state index contributed by atoms with van der Waals surface area (Å²) in [6.07, 6.45) is -0.231. The normalized spacial score (nSPS) is 12.8. The van der Waals surface area contributed by atoms with Gasteiger partial charge in [0.05, 0.1) is 0 Å². The summed E-state index contributed by atoms with van der Waals surface area (Å²) in [7, 11) is 0. The summed E-state index contributed by atoms with van der Waals surface area (Å²) in [6.45, 7) is 10.6. The molecule has 20 heavy (non-hydrogen) atoms. The lowest BCUT2D eigenvalue weighted by atomic mass is 10.0. The fraction of sp³-hybridized carbons (Fsp3) is 0.786. The SMILES string of the molecule is CCC(=O)OC(=O)C(CC(C)C)NC(=O)OC(C)(C)C. The summed E-state index contributed by atoms with van der Waals surface area (Å²) in [5.74, 6) is -1.22. The molecule has 0 aliphatic carbocycles. The molecule has 0 aliphatic heterocycles. The van der Waals surface area contributed by atoms with E-state index in [1.165, 1.54) is 0 Å². The van der Waals surface area contributed by atoms with Crippen LogP contribution in [0.25, 0.3) is 0 Å². The van der Waals surface area contributed by atoms with Crippen molar-refractivity contribution >= 4 is 18.0 Å². The van der Waals surface area contributed by atoms with Crippen LogP contribution in [0.4, 0.5) is 4.79 Å². The van der Waals surface area contributed by atoms with Crippen LogP contribution in [0, 0.1) is 5.92 Å². The first kappa shape index (κ1) is 18.4. The Morgan fingerprint density at radius 1 is 1.15 bits per heavy atom. The molecule has 0 bridgehead atoms. The van der Waals surface area contributed by atoms with E-state index in [1.54, 1.807) is 27.7 Å². The second kappa shape index (κ2) is 7.87. The molecule has 0 radical (unpaired) electrons. The predicted octanol–water partition coefficient (Wildman–Crippen LogP) is 2.41. The zero-order valence-corrected chi connectivity index (χ0v) is 13.1. The van der Waals surface area contributed by atoms with Gasteiger partial charge < -0.3 is 14.8 Å². The van der Waals surface area contributed by atoms with E-state index in [0.717, 1.165) is 0 Å². The molecule has 116 valence electrons. The molecule has 0 heterocycles. The van der Waals surface area contributed by atoms with Gasteiger partial charge in [-0.05, 0) is 33.1 Å². The summed E-state index contributed by atoms with van der Waals surface area (Å²) < 4.78 is 9.73. The van der Waals surface area contributed by atoms with E-state index in [2.05, 4.69) is 10.1 Å². The number of carbonyl (C=O) groups excluding carboxylic acids is 3. The third-order valence-electron chi connectivity index (χ3n) is 2.19. The third-order valence-corrected chi connectivity index (χ3v) is 2.19. The number of amides is 1. The Kier molecular flexibility index (Phi) is 7.24. The first-order chi connectivity index (χ1) is 9.05. The molecule has 0 rings (SSSR count). The van der Waals surface area contributed by atoms with Crippen LogP contribution in [0.1, 0.15) is 54.4 Å². The largest absolute Gasteiger partial charge is 0.444 e. The quantitative estimate of drug-likeness (QED) is 0.620. The minimum Gasteiger partial charge on any atom is -0.444 e. The molecule has 1 unspecified atom stereocenters. The van der Waals surface area contributed by atoms with E-state index in [4.69, 9.17) is 4.74 Å². The fourth-order valence-corrected chi connectivity index (χ4v) is 1.39. The molecular formula is C14H25NO5. The maximum atomic E-state index is 11.8. The molecule has 0 aliphatic rings. The molecule has 6 heteroatoms. The number of alkyl carbamates (subject to hydrolysis) is 1. The monoisotopic (exact) mass is 287 g/mol. The van der Waals surface area contributed by atoms with Gasteiger partial charge in [0.1, 0.15) is 11.6 Å². The average molecular weight is 287 g/mol. The molecule has 6 nitrogen and oxygen atoms in total. The number of hydrogen-bond donors (Lipinski definition) is 1. The zero-order chi connectivity index (χ0) is 15.9. The minimum atomic E-state index is -0.889. The summed E-state index contributed by atoms with van der Waals surface area (Å²) in [5, 5.41) is 2.45. The highest BCUT2D eigenvalue weighted by molar-refractivity contribution is 5.90. The van der Waals surface area contributed by atoms with Crippen molar-refractivity contribution in [2.24, 2.45) is 5.92 Å². The van der Waals surface area contributed by atoms with Gasteiger partial charge in [0.2, 0.25) is 0 Å². The number of carbonyl (C=O) groups is 3. The van der Waals surface area contributed by atoms with E-state index in [9.17, 15) is 14.4 Å². The smallest absolute Gasteiger partial charge is 0.408 e. The summed E-state index contributed by atoms with van der Waals surface area (Å²) >= 11 is 0. The van der Waals surface area contributed by atoms with Crippen LogP contribution in [-0.4, -0.2) is 29.7 Å². The number of nitrogens with one attached hydrogen (secondary N) is 1. The Morgan fingerprint density at radius 2 is 1.70 bits per heavy atom. The van der Waals surface area contributed by atoms with Gasteiger partial charge in [-0.15, -0.1) is 0 Å². The topological polar surface area (TPSA) is 81.7 Å². The molecule has 0 saturated heterocycles. The van der Waals surface area contributed by atoms with Crippen molar-refractivity contribution in [3.05, 3.63) is 0 Å². The first-order valence-electron chi connectivity index (χ1n) is 6.79. The van der Waals surface area contributed by atoms with E-state index < -0.39 is 29.7 Å². The fourth-order valence-electron chi connectivity index (χ4n) is 1.39. The summed E-state index contributed by atoms with van der Waals surface area (Å²) in [6, 6.07) is -0.889. The van der Waals surface area contributed by atoms with Crippen LogP contribution < -0.4 is 5.32 Å². The van der Waals surface area contributed by atoms with Crippen molar-refractivity contribution in [1.29, 1.82) is 0 Å². The van der Waals surface area contributed by atoms with E-state index >= 15 is 0 Å². The molecule has 1 N–H and O–H groups in total. The van der Waals surface area contributed by atoms with Gasteiger partial charge in [-0.2, -0.15) is 0 Å². The number of ether oxygens (including phenoxy) is 2. The minimum absolute atomic E-state index is 0.104. The molecule has 1 atom stereocenters. The second-order valence-electron chi connectivity index (χ2n) is 5.98. The van der Waals surface area contributed by atoms with Crippen molar-refractivity contribution < 1.29 is 23.9 Å². The Hall–Kier alpha value is -1.59. The number of hydrogen-bond acceptors (Lipinski definition) is 5. The Balaban J connectivity index is 4.68. The molecule has 0 fully saturated rings. The standard InChI is InChI=1S/C14H25NO5/c1-7-11(16)19-12(17)10(8-9(2)3)15-13(18)20-14(4,5)6/h9-10H,7-8H2,1-6H3,(H,15,18). The van der Waals surface area contributed by atoms with Gasteiger partial charge in [-0.25, -0.2) is 9.59 Å². The van der Waals surface area contributed by atoms with Crippen molar-refractivity contribution in [1.82, 2.24) is 5.32 Å². The maximum Gasteiger partial charge on any atom is 0.408 e. The van der Waals surface area contributed by atoms with Gasteiger partial charge in [-0.1, -0.05) is 20.8 Å². The van der Waals surface area contributed by atoms with E-state index in [-0.39, 0.29) is 12.3 Å². The lowest BCUT2D eigenvalue weighted by Crippen LogP contribution is -2.45. The Labute approximate surface area is 120 Å². The van der Waals surface area contributed by atoms with Crippen molar-refractivity contribution in [2.75, 3.05) is 0 Å². The Morgan fingerprint density at radius 3 is 2.10 bits per heavy atom. The molecule has 0 aromatic heterocycles. The molecule has 0 spiro atoms. The van der Waals surface area contributed by atoms with Gasteiger partial charge in [0, 0.05) is 6.42 Å². The Bertz CT molecular complexity index is 357. The highest BCUT2D eigenvalue weighted by Crippen LogP contribution is 2.10. The second-order valence-corrected chi connectivity index (χ2v) is 5.98. The van der Waals surface area contributed by atoms with Crippen molar-refractivity contribution in [3.8, 4) is 0 Å². The number of rotatable bonds is 5. The third kappa shape index (κ3) is 8.50. The van der Waals surface area contributed by atoms with Crippen LogP contribution >= 0.6 is 0 Å². The van der Waals surface area contributed by atoms with E-state index in [1.807, 2.05) is 13.8 Å². The van der Waals surface area contributed by atoms with Gasteiger partial charge in [0.15, 0.2) is 0 Å². The highest BCUT2D eigenvalue weighted by atomic mass is 16.6. The zero-order valence-electron chi connectivity index (χ0n) is 13.1. The lowest BCUT2D eigenvalue weighted by molar-refractivity contribution is -0.161. The van der Waals surface area contributed by atoms with Crippen LogP contribution in [0.2, 0.25) is 0 Å². The van der Waals surface area contributed by atoms with Crippen LogP contribution in [-0.2, 0) is 19.1 Å². The molecule has 0 aromatic carbocycles. The first-order valence-corrected chi connectivity index (χ1v) is 6.79. The van der Waals surface area contributed by atoms with Crippen LogP contribution in [0.5, 0.6) is 0 Å². The molecule has 0 aromatic rings. The van der Waals surface area contributed by atoms with E-state index in [0.29, 0.717) is 6.42 Å². The molecule has 0 saturated carbocycles. The van der Waals surface area contributed by atoms with Crippen molar-refractivity contribution in [2.45, 2.75) is 66.0 Å². The summed E-state index contributed by atoms with van der Waals surface area (Å²) in [4.78, 5) is 34.7. The van der Waals surface area contributed by atoms with Crippen LogP contribution in [0.15, 0.2) is 0 Å². The van der Waals surface area contributed by atoms with Gasteiger partial charge in [-0.3, -0.25) is 4.79 Å². The predicted molar refractivity (Wildman–Crippen MR) is 74.0 cm³/mol. The summed E-state index contributed by atoms with van der Waals surface area (Å²) in [5.41, 5.74) is -0.657. The van der Waals surface area contributed by atoms with Crippen molar-refractivity contribution in [3.63, 3.8) is 0 Å². The van der Waals surface area contributed by atoms with Gasteiger partial charge >= 0.3 is 18.0 Å². The number of esters is 2. The highest BCUT2D eigenvalue weighted by Gasteiger charge is 2.27. The van der Waals surface area contributed by atoms with Gasteiger partial charge in [0.25, 0.3) is 0 Å². The average Bonchev–Trinajstić information content (AvgIpc) is 2.24. The maximum absolute atomic E-state index is 11.8. The lowest BCUT2D eigenvalue weighted by Gasteiger charge is -2.23. The molecule has 1 amide bonds. The molecular weight excluding hydrogens is 262 g/mol.